The van der Waals surface area contributed by atoms with Crippen LogP contribution < -0.4 is 11.1 Å². The molecule has 0 atom stereocenters. The monoisotopic (exact) mass is 279 g/mol. The van der Waals surface area contributed by atoms with E-state index in [1.54, 1.807) is 13.8 Å². The summed E-state index contributed by atoms with van der Waals surface area (Å²) >= 11 is 0. The number of hydrogen-bond donors (Lipinski definition) is 3. The van der Waals surface area contributed by atoms with Gasteiger partial charge in [0.1, 0.15) is 5.69 Å². The highest BCUT2D eigenvalue weighted by atomic mass is 16.4. The first-order valence-electron chi connectivity index (χ1n) is 5.94. The van der Waals surface area contributed by atoms with Crippen molar-refractivity contribution in [2.24, 2.45) is 5.73 Å². The molecule has 0 saturated carbocycles. The zero-order chi connectivity index (χ0) is 15.5. The Morgan fingerprint density at radius 3 is 2.40 bits per heavy atom. The number of aromatic nitrogens is 1. The van der Waals surface area contributed by atoms with Crippen LogP contribution in [0.25, 0.3) is 0 Å². The van der Waals surface area contributed by atoms with E-state index in [9.17, 15) is 14.4 Å². The highest BCUT2D eigenvalue weighted by molar-refractivity contribution is 5.95. The summed E-state index contributed by atoms with van der Waals surface area (Å²) in [5.41, 5.74) is 4.67. The largest absolute Gasteiger partial charge is 0.478 e. The van der Waals surface area contributed by atoms with Crippen molar-refractivity contribution in [1.29, 1.82) is 0 Å². The normalized spacial score (nSPS) is 10.9. The molecule has 20 heavy (non-hydrogen) atoms. The molecular formula is C13H17N3O4. The van der Waals surface area contributed by atoms with Gasteiger partial charge in [0.05, 0.1) is 11.3 Å². The van der Waals surface area contributed by atoms with Crippen molar-refractivity contribution in [3.63, 3.8) is 0 Å². The van der Waals surface area contributed by atoms with Crippen LogP contribution in [-0.2, 0) is 4.79 Å². The lowest BCUT2D eigenvalue weighted by molar-refractivity contribution is -0.119. The zero-order valence-electron chi connectivity index (χ0n) is 11.6. The Morgan fingerprint density at radius 2 is 1.95 bits per heavy atom. The minimum Gasteiger partial charge on any atom is -0.478 e. The SMILES string of the molecule is Cc1nc(C(=O)NC(C)(C)CC(N)=O)ccc1C(=O)O. The number of pyridine rings is 1. The topological polar surface area (TPSA) is 122 Å². The van der Waals surface area contributed by atoms with Gasteiger partial charge < -0.3 is 16.2 Å². The van der Waals surface area contributed by atoms with Gasteiger partial charge in [0.2, 0.25) is 5.91 Å². The maximum absolute atomic E-state index is 12.0. The Morgan fingerprint density at radius 1 is 1.35 bits per heavy atom. The zero-order valence-corrected chi connectivity index (χ0v) is 11.6. The van der Waals surface area contributed by atoms with Gasteiger partial charge in [-0.05, 0) is 32.9 Å². The van der Waals surface area contributed by atoms with E-state index >= 15 is 0 Å². The highest BCUT2D eigenvalue weighted by Crippen LogP contribution is 2.11. The van der Waals surface area contributed by atoms with Crippen LogP contribution in [0.4, 0.5) is 0 Å². The van der Waals surface area contributed by atoms with Crippen molar-refractivity contribution in [2.45, 2.75) is 32.7 Å². The summed E-state index contributed by atoms with van der Waals surface area (Å²) in [6.07, 6.45) is -0.00900. The van der Waals surface area contributed by atoms with Gasteiger partial charge >= 0.3 is 5.97 Å². The summed E-state index contributed by atoms with van der Waals surface area (Å²) in [5.74, 6) is -2.12. The first-order valence-corrected chi connectivity index (χ1v) is 5.94. The van der Waals surface area contributed by atoms with Crippen molar-refractivity contribution in [3.05, 3.63) is 29.1 Å². The molecule has 0 unspecified atom stereocenters. The third-order valence-electron chi connectivity index (χ3n) is 2.62. The van der Waals surface area contributed by atoms with E-state index in [1.807, 2.05) is 0 Å². The average molecular weight is 279 g/mol. The number of hydrogen-bond acceptors (Lipinski definition) is 4. The fourth-order valence-electron chi connectivity index (χ4n) is 1.76. The summed E-state index contributed by atoms with van der Waals surface area (Å²) in [6, 6.07) is 2.65. The van der Waals surface area contributed by atoms with E-state index in [2.05, 4.69) is 10.3 Å². The first-order chi connectivity index (χ1) is 9.12. The van der Waals surface area contributed by atoms with Crippen LogP contribution in [0.15, 0.2) is 12.1 Å². The molecule has 1 aromatic rings. The van der Waals surface area contributed by atoms with Crippen LogP contribution >= 0.6 is 0 Å². The van der Waals surface area contributed by atoms with Gasteiger partial charge in [0.15, 0.2) is 0 Å². The second-order valence-corrected chi connectivity index (χ2v) is 5.12. The lowest BCUT2D eigenvalue weighted by Crippen LogP contribution is -2.46. The van der Waals surface area contributed by atoms with Gasteiger partial charge in [-0.15, -0.1) is 0 Å². The van der Waals surface area contributed by atoms with E-state index in [0.29, 0.717) is 0 Å². The van der Waals surface area contributed by atoms with Crippen molar-refractivity contribution in [1.82, 2.24) is 10.3 Å². The standard InChI is InChI=1S/C13H17N3O4/c1-7-8(12(19)20)4-5-9(15-7)11(18)16-13(2,3)6-10(14)17/h4-5H,6H2,1-3H3,(H2,14,17)(H,16,18)(H,19,20). The molecule has 0 fully saturated rings. The summed E-state index contributed by atoms with van der Waals surface area (Å²) < 4.78 is 0. The maximum atomic E-state index is 12.0. The van der Waals surface area contributed by atoms with Crippen molar-refractivity contribution in [2.75, 3.05) is 0 Å². The molecule has 0 spiro atoms. The minimum atomic E-state index is -1.10. The fraction of sp³-hybridized carbons (Fsp3) is 0.385. The summed E-state index contributed by atoms with van der Waals surface area (Å²) in [7, 11) is 0. The van der Waals surface area contributed by atoms with Crippen LogP contribution in [0.1, 0.15) is 46.8 Å². The molecule has 7 heteroatoms. The molecule has 1 aromatic heterocycles. The van der Waals surface area contributed by atoms with Crippen LogP contribution in [0.2, 0.25) is 0 Å². The Hall–Kier alpha value is -2.44. The molecule has 4 N–H and O–H groups in total. The molecule has 1 rings (SSSR count). The lowest BCUT2D eigenvalue weighted by Gasteiger charge is -2.24. The molecule has 0 aliphatic rings. The van der Waals surface area contributed by atoms with E-state index in [0.717, 1.165) is 0 Å². The van der Waals surface area contributed by atoms with Gasteiger partial charge in [-0.25, -0.2) is 9.78 Å². The molecule has 0 aliphatic heterocycles. The maximum Gasteiger partial charge on any atom is 0.337 e. The third kappa shape index (κ3) is 4.04. The number of primary amides is 1. The quantitative estimate of drug-likeness (QED) is 0.723. The van der Waals surface area contributed by atoms with Crippen molar-refractivity contribution >= 4 is 17.8 Å². The van der Waals surface area contributed by atoms with Crippen LogP contribution in [-0.4, -0.2) is 33.4 Å². The minimum absolute atomic E-state index is 0.00900. The number of carbonyl (C=O) groups excluding carboxylic acids is 2. The Labute approximate surface area is 116 Å². The van der Waals surface area contributed by atoms with Crippen molar-refractivity contribution < 1.29 is 19.5 Å². The van der Waals surface area contributed by atoms with Crippen LogP contribution in [0, 0.1) is 6.92 Å². The summed E-state index contributed by atoms with van der Waals surface area (Å²) in [4.78, 5) is 37.7. The van der Waals surface area contributed by atoms with Gasteiger partial charge in [0.25, 0.3) is 5.91 Å². The highest BCUT2D eigenvalue weighted by Gasteiger charge is 2.24. The lowest BCUT2D eigenvalue weighted by atomic mass is 10.00. The van der Waals surface area contributed by atoms with Gasteiger partial charge in [0, 0.05) is 12.0 Å². The number of nitrogens with two attached hydrogens (primary N) is 1. The number of nitrogens with zero attached hydrogens (tertiary/aromatic N) is 1. The number of carboxylic acids is 1. The van der Waals surface area contributed by atoms with Gasteiger partial charge in [-0.2, -0.15) is 0 Å². The Balaban J connectivity index is 2.91. The van der Waals surface area contributed by atoms with E-state index < -0.39 is 23.3 Å². The van der Waals surface area contributed by atoms with E-state index in [1.165, 1.54) is 19.1 Å². The molecule has 1 heterocycles. The number of rotatable bonds is 5. The van der Waals surface area contributed by atoms with E-state index in [4.69, 9.17) is 10.8 Å². The van der Waals surface area contributed by atoms with Crippen molar-refractivity contribution in [3.8, 4) is 0 Å². The predicted octanol–water partition coefficient (Wildman–Crippen LogP) is 0.472. The summed E-state index contributed by atoms with van der Waals surface area (Å²) in [6.45, 7) is 4.83. The van der Waals surface area contributed by atoms with Crippen LogP contribution in [0.5, 0.6) is 0 Å². The molecule has 0 radical (unpaired) electrons. The smallest absolute Gasteiger partial charge is 0.337 e. The first kappa shape index (κ1) is 15.6. The Bertz CT molecular complexity index is 567. The number of aryl methyl sites for hydroxylation is 1. The molecule has 0 saturated heterocycles. The number of aromatic carboxylic acids is 1. The fourth-order valence-corrected chi connectivity index (χ4v) is 1.76. The number of carboxylic acid groups (broad SMARTS) is 1. The molecule has 2 amide bonds. The molecular weight excluding hydrogens is 262 g/mol. The number of nitrogens with one attached hydrogen (secondary N) is 1. The average Bonchev–Trinajstić information content (AvgIpc) is 2.25. The molecule has 0 aliphatic carbocycles. The van der Waals surface area contributed by atoms with Gasteiger partial charge in [-0.3, -0.25) is 9.59 Å². The van der Waals surface area contributed by atoms with E-state index in [-0.39, 0.29) is 23.4 Å². The second kappa shape index (κ2) is 5.68. The van der Waals surface area contributed by atoms with Crippen LogP contribution in [0.3, 0.4) is 0 Å². The number of carbonyl (C=O) groups is 3. The summed E-state index contributed by atoms with van der Waals surface area (Å²) in [5, 5.41) is 11.5. The molecule has 108 valence electrons. The Kier molecular flexibility index (Phi) is 4.44. The third-order valence-corrected chi connectivity index (χ3v) is 2.62. The second-order valence-electron chi connectivity index (χ2n) is 5.12. The number of amides is 2. The molecule has 0 aromatic carbocycles. The molecule has 0 bridgehead atoms. The molecule has 7 nitrogen and oxygen atoms in total. The van der Waals surface area contributed by atoms with Gasteiger partial charge in [-0.1, -0.05) is 0 Å². The predicted molar refractivity (Wildman–Crippen MR) is 71.3 cm³/mol.